The van der Waals surface area contributed by atoms with E-state index in [4.69, 9.17) is 4.74 Å². The summed E-state index contributed by atoms with van der Waals surface area (Å²) in [7, 11) is 0. The third-order valence-corrected chi connectivity index (χ3v) is 1.99. The first-order valence-electron chi connectivity index (χ1n) is 5.59. The average Bonchev–Trinajstić information content (AvgIpc) is 2.30. The molecule has 0 saturated heterocycles. The van der Waals surface area contributed by atoms with E-state index in [0.717, 1.165) is 18.4 Å². The van der Waals surface area contributed by atoms with Gasteiger partial charge in [0.2, 0.25) is 0 Å². The summed E-state index contributed by atoms with van der Waals surface area (Å²) in [4.78, 5) is 11.2. The highest BCUT2D eigenvalue weighted by molar-refractivity contribution is 5.67. The van der Waals surface area contributed by atoms with Gasteiger partial charge in [0, 0.05) is 6.54 Å². The number of rotatable bonds is 7. The molecule has 3 heteroatoms. The largest absolute Gasteiger partial charge is 0.445 e. The van der Waals surface area contributed by atoms with Crippen LogP contribution in [0.4, 0.5) is 4.79 Å². The van der Waals surface area contributed by atoms with E-state index in [1.807, 2.05) is 25.2 Å². The van der Waals surface area contributed by atoms with Crippen LogP contribution in [-0.4, -0.2) is 19.2 Å². The quantitative estimate of drug-likeness (QED) is 0.531. The first kappa shape index (κ1) is 14.5. The molecule has 0 radical (unpaired) electrons. The molecule has 0 aromatic rings. The first-order chi connectivity index (χ1) is 7.74. The number of nitrogens with one attached hydrogen (secondary N) is 1. The molecule has 0 aliphatic rings. The van der Waals surface area contributed by atoms with Gasteiger partial charge in [0.25, 0.3) is 0 Å². The molecule has 0 aliphatic heterocycles. The number of unbranched alkanes of at least 4 members (excludes halogenated alkanes) is 1. The predicted molar refractivity (Wildman–Crippen MR) is 67.4 cm³/mol. The summed E-state index contributed by atoms with van der Waals surface area (Å²) >= 11 is 0. The second-order valence-corrected chi connectivity index (χ2v) is 3.31. The number of carbonyl (C=O) groups is 1. The molecule has 0 rings (SSSR count). The van der Waals surface area contributed by atoms with E-state index in [-0.39, 0.29) is 6.09 Å². The van der Waals surface area contributed by atoms with Gasteiger partial charge < -0.3 is 10.1 Å². The Morgan fingerprint density at radius 3 is 2.81 bits per heavy atom. The van der Waals surface area contributed by atoms with E-state index in [9.17, 15) is 4.79 Å². The highest BCUT2D eigenvalue weighted by Gasteiger charge is 2.00. The lowest BCUT2D eigenvalue weighted by molar-refractivity contribution is 0.156. The molecule has 0 fully saturated rings. The topological polar surface area (TPSA) is 38.3 Å². The van der Waals surface area contributed by atoms with Gasteiger partial charge in [0.1, 0.15) is 6.61 Å². The minimum absolute atomic E-state index is 0.290. The summed E-state index contributed by atoms with van der Waals surface area (Å²) in [5.41, 5.74) is 0.950. The Balaban J connectivity index is 3.80. The second kappa shape index (κ2) is 10.0. The number of amides is 1. The molecule has 0 aliphatic carbocycles. The molecule has 0 unspecified atom stereocenters. The van der Waals surface area contributed by atoms with Crippen LogP contribution in [0, 0.1) is 0 Å². The Bertz CT molecular complexity index is 267. The van der Waals surface area contributed by atoms with Gasteiger partial charge in [-0.2, -0.15) is 0 Å². The van der Waals surface area contributed by atoms with E-state index < -0.39 is 0 Å². The maximum Gasteiger partial charge on any atom is 0.407 e. The molecule has 0 aromatic heterocycles. The normalized spacial score (nSPS) is 11.5. The molecule has 1 N–H and O–H groups in total. The molecule has 90 valence electrons. The summed E-state index contributed by atoms with van der Waals surface area (Å²) in [6.45, 7) is 8.52. The van der Waals surface area contributed by atoms with Crippen molar-refractivity contribution >= 4 is 6.09 Å². The lowest BCUT2D eigenvalue weighted by atomic mass is 10.2. The predicted octanol–water partition coefficient (Wildman–Crippen LogP) is 3.20. The summed E-state index contributed by atoms with van der Waals surface area (Å²) in [5, 5.41) is 2.69. The smallest absolute Gasteiger partial charge is 0.407 e. The van der Waals surface area contributed by atoms with Crippen LogP contribution in [0.25, 0.3) is 0 Å². The zero-order valence-electron chi connectivity index (χ0n) is 10.2. The monoisotopic (exact) mass is 223 g/mol. The zero-order chi connectivity index (χ0) is 12.2. The van der Waals surface area contributed by atoms with Crippen molar-refractivity contribution in [2.75, 3.05) is 13.2 Å². The van der Waals surface area contributed by atoms with Crippen LogP contribution in [0.15, 0.2) is 36.5 Å². The summed E-state index contributed by atoms with van der Waals surface area (Å²) in [6, 6.07) is 0. The van der Waals surface area contributed by atoms with Crippen molar-refractivity contribution in [2.45, 2.75) is 26.7 Å². The van der Waals surface area contributed by atoms with Gasteiger partial charge in [0.15, 0.2) is 0 Å². The number of hydrogen-bond donors (Lipinski definition) is 1. The van der Waals surface area contributed by atoms with Gasteiger partial charge in [0.05, 0.1) is 0 Å². The fourth-order valence-electron chi connectivity index (χ4n) is 0.986. The van der Waals surface area contributed by atoms with Gasteiger partial charge in [-0.15, -0.1) is 0 Å². The van der Waals surface area contributed by atoms with Crippen LogP contribution < -0.4 is 5.32 Å². The van der Waals surface area contributed by atoms with Gasteiger partial charge in [-0.25, -0.2) is 4.79 Å². The lowest BCUT2D eigenvalue weighted by Crippen LogP contribution is -2.25. The minimum Gasteiger partial charge on any atom is -0.445 e. The maximum atomic E-state index is 11.2. The summed E-state index contributed by atoms with van der Waals surface area (Å²) < 4.78 is 5.03. The van der Waals surface area contributed by atoms with Crippen molar-refractivity contribution in [3.05, 3.63) is 36.5 Å². The number of carbonyl (C=O) groups excluding carboxylic acids is 1. The van der Waals surface area contributed by atoms with Gasteiger partial charge in [-0.1, -0.05) is 44.2 Å². The number of alkyl carbamates (subject to hydrolysis) is 1. The van der Waals surface area contributed by atoms with Gasteiger partial charge >= 0.3 is 6.09 Å². The van der Waals surface area contributed by atoms with Crippen LogP contribution >= 0.6 is 0 Å². The van der Waals surface area contributed by atoms with E-state index in [1.54, 1.807) is 6.08 Å². The lowest BCUT2D eigenvalue weighted by Gasteiger charge is -2.06. The Kier molecular flexibility index (Phi) is 9.08. The molecule has 0 bridgehead atoms. The van der Waals surface area contributed by atoms with Crippen LogP contribution in [0.3, 0.4) is 0 Å². The van der Waals surface area contributed by atoms with Crippen molar-refractivity contribution in [1.82, 2.24) is 5.32 Å². The molecular formula is C13H21NO2. The van der Waals surface area contributed by atoms with E-state index in [0.29, 0.717) is 13.2 Å². The molecule has 0 saturated carbocycles. The molecule has 0 aromatic carbocycles. The zero-order valence-corrected chi connectivity index (χ0v) is 10.2. The van der Waals surface area contributed by atoms with Crippen molar-refractivity contribution in [2.24, 2.45) is 0 Å². The molecule has 1 amide bonds. The molecule has 0 spiro atoms. The van der Waals surface area contributed by atoms with Crippen LogP contribution in [0.5, 0.6) is 0 Å². The maximum absolute atomic E-state index is 11.2. The Morgan fingerprint density at radius 2 is 2.25 bits per heavy atom. The van der Waals surface area contributed by atoms with Gasteiger partial charge in [-0.3, -0.25) is 0 Å². The fraction of sp³-hybridized carbons (Fsp3) is 0.462. The third kappa shape index (κ3) is 7.85. The highest BCUT2D eigenvalue weighted by atomic mass is 16.5. The third-order valence-electron chi connectivity index (χ3n) is 1.99. The number of ether oxygens (including phenoxy) is 1. The standard InChI is InChI=1S/C13H21NO2/c1-4-7-9-12(6-3)11-16-13(15)14-10-8-5-2/h4,6-7,9H,1,5,8,10-11H2,2-3H3,(H,14,15)/b9-7-,12-6+. The Morgan fingerprint density at radius 1 is 1.50 bits per heavy atom. The molecular weight excluding hydrogens is 202 g/mol. The summed E-state index contributed by atoms with van der Waals surface area (Å²) in [5.74, 6) is 0. The van der Waals surface area contributed by atoms with Crippen molar-refractivity contribution in [1.29, 1.82) is 0 Å². The van der Waals surface area contributed by atoms with Crippen LogP contribution in [0.1, 0.15) is 26.7 Å². The number of hydrogen-bond acceptors (Lipinski definition) is 2. The van der Waals surface area contributed by atoms with Crippen molar-refractivity contribution in [3.8, 4) is 0 Å². The summed E-state index contributed by atoms with van der Waals surface area (Å²) in [6.07, 6.45) is 8.94. The SMILES string of the molecule is C=C/C=C\C(=C/C)COC(=O)NCCCC. The van der Waals surface area contributed by atoms with Crippen molar-refractivity contribution in [3.63, 3.8) is 0 Å². The van der Waals surface area contributed by atoms with Crippen LogP contribution in [0.2, 0.25) is 0 Å². The molecule has 0 heterocycles. The second-order valence-electron chi connectivity index (χ2n) is 3.31. The Hall–Kier alpha value is -1.51. The fourth-order valence-corrected chi connectivity index (χ4v) is 0.986. The molecule has 16 heavy (non-hydrogen) atoms. The first-order valence-corrected chi connectivity index (χ1v) is 5.59. The average molecular weight is 223 g/mol. The van der Waals surface area contributed by atoms with E-state index in [1.165, 1.54) is 0 Å². The Labute approximate surface area is 97.9 Å². The van der Waals surface area contributed by atoms with E-state index in [2.05, 4.69) is 18.8 Å². The number of allylic oxidation sites excluding steroid dienone is 3. The van der Waals surface area contributed by atoms with Gasteiger partial charge in [-0.05, 0) is 18.9 Å². The molecule has 3 nitrogen and oxygen atoms in total. The molecule has 0 atom stereocenters. The highest BCUT2D eigenvalue weighted by Crippen LogP contribution is 1.98. The minimum atomic E-state index is -0.361. The van der Waals surface area contributed by atoms with E-state index >= 15 is 0 Å². The van der Waals surface area contributed by atoms with Crippen molar-refractivity contribution < 1.29 is 9.53 Å². The van der Waals surface area contributed by atoms with Crippen LogP contribution in [-0.2, 0) is 4.74 Å².